The van der Waals surface area contributed by atoms with E-state index in [0.29, 0.717) is 12.3 Å². The molecule has 0 spiro atoms. The summed E-state index contributed by atoms with van der Waals surface area (Å²) in [7, 11) is 1.72. The molecular formula is C21H20O2. The standard InChI is InChI=1S/C21H20O2/c1-23-19-13-11-15-7-3-5-9-17(15)21(19)20-16-8-4-2-6-14(16)10-12-18(20)22/h2-6,8-11,13,15-16,19H,7,12H2,1H3. The molecule has 0 amide bonds. The number of methoxy groups -OCH3 is 1. The fourth-order valence-electron chi connectivity index (χ4n) is 3.95. The second kappa shape index (κ2) is 5.78. The molecule has 2 heteroatoms. The molecule has 0 aromatic carbocycles. The summed E-state index contributed by atoms with van der Waals surface area (Å²) in [4.78, 5) is 12.8. The molecule has 3 unspecified atom stereocenters. The van der Waals surface area contributed by atoms with E-state index in [2.05, 4.69) is 48.6 Å². The molecule has 0 aromatic rings. The number of carbonyl (C=O) groups is 1. The number of hydrogen-bond donors (Lipinski definition) is 0. The number of carbonyl (C=O) groups excluding carboxylic acids is 1. The van der Waals surface area contributed by atoms with Gasteiger partial charge in [-0.15, -0.1) is 0 Å². The summed E-state index contributed by atoms with van der Waals surface area (Å²) in [5.41, 5.74) is 4.48. The van der Waals surface area contributed by atoms with Crippen LogP contribution in [-0.4, -0.2) is 19.0 Å². The van der Waals surface area contributed by atoms with Crippen LogP contribution in [-0.2, 0) is 9.53 Å². The van der Waals surface area contributed by atoms with Crippen LogP contribution in [0.3, 0.4) is 0 Å². The maximum atomic E-state index is 12.8. The van der Waals surface area contributed by atoms with Crippen molar-refractivity contribution >= 4 is 5.78 Å². The summed E-state index contributed by atoms with van der Waals surface area (Å²) >= 11 is 0. The molecule has 0 bridgehead atoms. The van der Waals surface area contributed by atoms with Crippen molar-refractivity contribution in [1.82, 2.24) is 0 Å². The molecule has 0 saturated carbocycles. The summed E-state index contributed by atoms with van der Waals surface area (Å²) in [5, 5.41) is 0. The number of allylic oxidation sites excluding steroid dienone is 11. The summed E-state index contributed by atoms with van der Waals surface area (Å²) in [6.45, 7) is 0. The molecular weight excluding hydrogens is 284 g/mol. The van der Waals surface area contributed by atoms with Crippen molar-refractivity contribution in [3.63, 3.8) is 0 Å². The van der Waals surface area contributed by atoms with Crippen LogP contribution < -0.4 is 0 Å². The molecule has 4 aliphatic rings. The lowest BCUT2D eigenvalue weighted by Crippen LogP contribution is -2.29. The van der Waals surface area contributed by atoms with E-state index < -0.39 is 0 Å². The van der Waals surface area contributed by atoms with Gasteiger partial charge in [0.2, 0.25) is 0 Å². The summed E-state index contributed by atoms with van der Waals surface area (Å²) in [5.74, 6) is 0.646. The van der Waals surface area contributed by atoms with Gasteiger partial charge in [-0.25, -0.2) is 0 Å². The van der Waals surface area contributed by atoms with Crippen molar-refractivity contribution in [2.24, 2.45) is 11.8 Å². The van der Waals surface area contributed by atoms with E-state index in [1.807, 2.05) is 12.2 Å². The summed E-state index contributed by atoms with van der Waals surface area (Å²) in [6, 6.07) is 0. The number of ketones is 1. The van der Waals surface area contributed by atoms with E-state index in [1.54, 1.807) is 7.11 Å². The molecule has 116 valence electrons. The molecule has 0 N–H and O–H groups in total. The Balaban J connectivity index is 1.93. The van der Waals surface area contributed by atoms with Crippen molar-refractivity contribution in [2.45, 2.75) is 18.9 Å². The van der Waals surface area contributed by atoms with E-state index in [1.165, 1.54) is 11.1 Å². The fraction of sp³-hybridized carbons (Fsp3) is 0.286. The Morgan fingerprint density at radius 3 is 2.87 bits per heavy atom. The fourth-order valence-corrected chi connectivity index (χ4v) is 3.95. The highest BCUT2D eigenvalue weighted by Crippen LogP contribution is 2.42. The molecule has 0 saturated heterocycles. The van der Waals surface area contributed by atoms with Gasteiger partial charge >= 0.3 is 0 Å². The van der Waals surface area contributed by atoms with Crippen LogP contribution in [0.2, 0.25) is 0 Å². The second-order valence-corrected chi connectivity index (χ2v) is 6.31. The minimum atomic E-state index is -0.137. The van der Waals surface area contributed by atoms with Crippen LogP contribution in [0, 0.1) is 11.8 Å². The van der Waals surface area contributed by atoms with Gasteiger partial charge in [0, 0.05) is 30.9 Å². The third-order valence-electron chi connectivity index (χ3n) is 5.06. The van der Waals surface area contributed by atoms with Crippen LogP contribution >= 0.6 is 0 Å². The zero-order chi connectivity index (χ0) is 15.8. The molecule has 0 heterocycles. The van der Waals surface area contributed by atoms with Gasteiger partial charge in [0.25, 0.3) is 0 Å². The van der Waals surface area contributed by atoms with E-state index in [9.17, 15) is 4.79 Å². The van der Waals surface area contributed by atoms with Gasteiger partial charge < -0.3 is 4.74 Å². The molecule has 23 heavy (non-hydrogen) atoms. The van der Waals surface area contributed by atoms with Crippen molar-refractivity contribution in [2.75, 3.05) is 7.11 Å². The Morgan fingerprint density at radius 2 is 2.00 bits per heavy atom. The molecule has 3 atom stereocenters. The molecule has 0 radical (unpaired) electrons. The Bertz CT molecular complexity index is 753. The zero-order valence-electron chi connectivity index (χ0n) is 13.2. The van der Waals surface area contributed by atoms with Crippen molar-refractivity contribution < 1.29 is 9.53 Å². The third kappa shape index (κ3) is 2.34. The van der Waals surface area contributed by atoms with Crippen molar-refractivity contribution in [1.29, 1.82) is 0 Å². The quantitative estimate of drug-likeness (QED) is 0.540. The Morgan fingerprint density at radius 1 is 1.09 bits per heavy atom. The maximum Gasteiger partial charge on any atom is 0.163 e. The monoisotopic (exact) mass is 304 g/mol. The average Bonchev–Trinajstić information content (AvgIpc) is 2.61. The second-order valence-electron chi connectivity index (χ2n) is 6.31. The largest absolute Gasteiger partial charge is 0.373 e. The van der Waals surface area contributed by atoms with Gasteiger partial charge in [0.1, 0.15) is 6.10 Å². The third-order valence-corrected chi connectivity index (χ3v) is 5.06. The van der Waals surface area contributed by atoms with Crippen molar-refractivity contribution in [3.8, 4) is 0 Å². The van der Waals surface area contributed by atoms with E-state index in [0.717, 1.165) is 17.6 Å². The minimum Gasteiger partial charge on any atom is -0.373 e. The van der Waals surface area contributed by atoms with Gasteiger partial charge in [-0.3, -0.25) is 4.79 Å². The first-order valence-corrected chi connectivity index (χ1v) is 8.20. The van der Waals surface area contributed by atoms with Gasteiger partial charge in [0.15, 0.2) is 5.78 Å². The molecule has 0 aliphatic heterocycles. The molecule has 0 fully saturated rings. The Hall–Kier alpha value is -2.19. The average molecular weight is 304 g/mol. The van der Waals surface area contributed by atoms with Gasteiger partial charge in [-0.1, -0.05) is 60.8 Å². The lowest BCUT2D eigenvalue weighted by atomic mass is 9.71. The van der Waals surface area contributed by atoms with E-state index in [4.69, 9.17) is 4.74 Å². The smallest absolute Gasteiger partial charge is 0.163 e. The molecule has 0 aromatic heterocycles. The number of Topliss-reactive ketones (excluding diaryl/α,β-unsaturated/α-hetero) is 1. The number of fused-ring (bicyclic) bond motifs is 2. The Labute approximate surface area is 136 Å². The first-order chi connectivity index (χ1) is 11.3. The summed E-state index contributed by atoms with van der Waals surface area (Å²) in [6.07, 6.45) is 22.5. The van der Waals surface area contributed by atoms with E-state index in [-0.39, 0.29) is 17.8 Å². The first-order valence-electron chi connectivity index (χ1n) is 8.20. The predicted octanol–water partition coefficient (Wildman–Crippen LogP) is 4.01. The van der Waals surface area contributed by atoms with Crippen LogP contribution in [0.15, 0.2) is 83.1 Å². The molecule has 4 aliphatic carbocycles. The predicted molar refractivity (Wildman–Crippen MR) is 91.8 cm³/mol. The lowest BCUT2D eigenvalue weighted by Gasteiger charge is -2.35. The van der Waals surface area contributed by atoms with Crippen LogP contribution in [0.25, 0.3) is 0 Å². The first kappa shape index (κ1) is 14.4. The Kier molecular flexibility index (Phi) is 3.62. The van der Waals surface area contributed by atoms with Crippen LogP contribution in [0.4, 0.5) is 0 Å². The van der Waals surface area contributed by atoms with Gasteiger partial charge in [0.05, 0.1) is 0 Å². The SMILES string of the molecule is COC1C=CC2CC=CC=C2C1=C1C(=O)CC=C2C=CC=CC21. The highest BCUT2D eigenvalue weighted by molar-refractivity contribution is 6.01. The topological polar surface area (TPSA) is 26.3 Å². The summed E-state index contributed by atoms with van der Waals surface area (Å²) < 4.78 is 5.71. The normalized spacial score (nSPS) is 34.8. The van der Waals surface area contributed by atoms with Gasteiger partial charge in [-0.2, -0.15) is 0 Å². The van der Waals surface area contributed by atoms with Crippen molar-refractivity contribution in [3.05, 3.63) is 83.1 Å². The molecule has 4 rings (SSSR count). The highest BCUT2D eigenvalue weighted by Gasteiger charge is 2.35. The van der Waals surface area contributed by atoms with Gasteiger partial charge in [-0.05, 0) is 23.1 Å². The minimum absolute atomic E-state index is 0.0628. The van der Waals surface area contributed by atoms with Crippen LogP contribution in [0.5, 0.6) is 0 Å². The number of hydrogen-bond acceptors (Lipinski definition) is 2. The highest BCUT2D eigenvalue weighted by atomic mass is 16.5. The zero-order valence-corrected chi connectivity index (χ0v) is 13.2. The lowest BCUT2D eigenvalue weighted by molar-refractivity contribution is -0.115. The number of ether oxygens (including phenoxy) is 1. The van der Waals surface area contributed by atoms with Crippen LogP contribution in [0.1, 0.15) is 12.8 Å². The maximum absolute atomic E-state index is 12.8. The van der Waals surface area contributed by atoms with E-state index >= 15 is 0 Å². The number of rotatable bonds is 1. The molecule has 2 nitrogen and oxygen atoms in total.